The van der Waals surface area contributed by atoms with Crippen LogP contribution < -0.4 is 10.6 Å². The molecule has 0 spiro atoms. The van der Waals surface area contributed by atoms with Crippen molar-refractivity contribution in [2.45, 2.75) is 32.7 Å². The second kappa shape index (κ2) is 8.50. The molecule has 2 aromatic rings. The molecule has 0 aliphatic heterocycles. The molecule has 0 fully saturated rings. The van der Waals surface area contributed by atoms with Crippen LogP contribution in [0.1, 0.15) is 36.2 Å². The lowest BCUT2D eigenvalue weighted by atomic mass is 10.1. The van der Waals surface area contributed by atoms with E-state index in [-0.39, 0.29) is 24.3 Å². The lowest BCUT2D eigenvalue weighted by Crippen LogP contribution is -2.31. The van der Waals surface area contributed by atoms with E-state index in [0.29, 0.717) is 16.3 Å². The molecule has 0 aliphatic rings. The van der Waals surface area contributed by atoms with Crippen LogP contribution in [0, 0.1) is 0 Å². The molecule has 2 N–H and O–H groups in total. The fourth-order valence-corrected chi connectivity index (χ4v) is 2.27. The maximum atomic E-state index is 12.1. The number of halogens is 1. The predicted octanol–water partition coefficient (Wildman–Crippen LogP) is 4.05. The van der Waals surface area contributed by atoms with Crippen LogP contribution in [0.5, 0.6) is 0 Å². The van der Waals surface area contributed by atoms with Crippen molar-refractivity contribution in [3.8, 4) is 0 Å². The van der Waals surface area contributed by atoms with Gasteiger partial charge in [0.25, 0.3) is 5.91 Å². The monoisotopic (exact) mass is 344 g/mol. The Kier molecular flexibility index (Phi) is 6.38. The third kappa shape index (κ3) is 5.39. The Labute approximate surface area is 147 Å². The van der Waals surface area contributed by atoms with E-state index in [9.17, 15) is 9.59 Å². The second-order valence-corrected chi connectivity index (χ2v) is 6.15. The van der Waals surface area contributed by atoms with E-state index in [1.165, 1.54) is 0 Å². The van der Waals surface area contributed by atoms with Gasteiger partial charge in [-0.05, 0) is 49.2 Å². The molecule has 4 nitrogen and oxygen atoms in total. The minimum atomic E-state index is -0.142. The van der Waals surface area contributed by atoms with E-state index in [4.69, 9.17) is 11.6 Å². The van der Waals surface area contributed by atoms with Gasteiger partial charge in [-0.25, -0.2) is 0 Å². The van der Waals surface area contributed by atoms with Gasteiger partial charge in [0.05, 0.1) is 6.42 Å². The van der Waals surface area contributed by atoms with Crippen molar-refractivity contribution in [2.75, 3.05) is 5.32 Å². The van der Waals surface area contributed by atoms with Crippen LogP contribution >= 0.6 is 11.6 Å². The van der Waals surface area contributed by atoms with Gasteiger partial charge in [-0.2, -0.15) is 0 Å². The van der Waals surface area contributed by atoms with Gasteiger partial charge in [0, 0.05) is 22.3 Å². The average molecular weight is 345 g/mol. The summed E-state index contributed by atoms with van der Waals surface area (Å²) in [4.78, 5) is 24.3. The molecule has 2 amide bonds. The van der Waals surface area contributed by atoms with Crippen molar-refractivity contribution >= 4 is 29.1 Å². The summed E-state index contributed by atoms with van der Waals surface area (Å²) >= 11 is 5.83. The van der Waals surface area contributed by atoms with Crippen molar-refractivity contribution in [1.82, 2.24) is 5.32 Å². The summed E-state index contributed by atoms with van der Waals surface area (Å²) < 4.78 is 0. The van der Waals surface area contributed by atoms with Gasteiger partial charge >= 0.3 is 0 Å². The maximum Gasteiger partial charge on any atom is 0.251 e. The van der Waals surface area contributed by atoms with Crippen LogP contribution in [0.25, 0.3) is 0 Å². The third-order valence-electron chi connectivity index (χ3n) is 3.68. The van der Waals surface area contributed by atoms with Crippen LogP contribution in [0.4, 0.5) is 5.69 Å². The van der Waals surface area contributed by atoms with E-state index in [2.05, 4.69) is 10.6 Å². The predicted molar refractivity (Wildman–Crippen MR) is 97.4 cm³/mol. The number of rotatable bonds is 6. The normalized spacial score (nSPS) is 11.6. The molecule has 126 valence electrons. The molecule has 2 aromatic carbocycles. The van der Waals surface area contributed by atoms with Crippen LogP contribution in [0.2, 0.25) is 5.02 Å². The first-order chi connectivity index (χ1) is 11.5. The lowest BCUT2D eigenvalue weighted by molar-refractivity contribution is -0.115. The van der Waals surface area contributed by atoms with Crippen LogP contribution in [-0.4, -0.2) is 17.9 Å². The van der Waals surface area contributed by atoms with Crippen molar-refractivity contribution in [3.05, 3.63) is 64.7 Å². The number of hydrogen-bond donors (Lipinski definition) is 2. The first kappa shape index (κ1) is 18.0. The van der Waals surface area contributed by atoms with Crippen molar-refractivity contribution in [1.29, 1.82) is 0 Å². The fourth-order valence-electron chi connectivity index (χ4n) is 2.14. The number of benzene rings is 2. The van der Waals surface area contributed by atoms with Crippen LogP contribution in [-0.2, 0) is 11.2 Å². The number of nitrogens with one attached hydrogen (secondary N) is 2. The van der Waals surface area contributed by atoms with Gasteiger partial charge in [-0.15, -0.1) is 0 Å². The van der Waals surface area contributed by atoms with Gasteiger partial charge < -0.3 is 10.6 Å². The van der Waals surface area contributed by atoms with Gasteiger partial charge in [-0.3, -0.25) is 9.59 Å². The molecular weight excluding hydrogens is 324 g/mol. The Morgan fingerprint density at radius 3 is 2.50 bits per heavy atom. The van der Waals surface area contributed by atoms with Gasteiger partial charge in [0.15, 0.2) is 0 Å². The summed E-state index contributed by atoms with van der Waals surface area (Å²) in [7, 11) is 0. The summed E-state index contributed by atoms with van der Waals surface area (Å²) in [6.07, 6.45) is 1.11. The highest BCUT2D eigenvalue weighted by Crippen LogP contribution is 2.13. The third-order valence-corrected chi connectivity index (χ3v) is 3.93. The zero-order valence-corrected chi connectivity index (χ0v) is 14.6. The Morgan fingerprint density at radius 1 is 1.12 bits per heavy atom. The molecule has 0 saturated carbocycles. The molecule has 2 rings (SSSR count). The molecule has 5 heteroatoms. The number of hydrogen-bond acceptors (Lipinski definition) is 2. The Bertz CT molecular complexity index is 714. The smallest absolute Gasteiger partial charge is 0.251 e. The molecule has 0 aromatic heterocycles. The lowest BCUT2D eigenvalue weighted by Gasteiger charge is -2.12. The summed E-state index contributed by atoms with van der Waals surface area (Å²) in [5, 5.41) is 6.36. The minimum Gasteiger partial charge on any atom is -0.350 e. The van der Waals surface area contributed by atoms with Gasteiger partial charge in [0.2, 0.25) is 5.91 Å². The highest BCUT2D eigenvalue weighted by atomic mass is 35.5. The zero-order chi connectivity index (χ0) is 17.5. The van der Waals surface area contributed by atoms with Crippen molar-refractivity contribution < 1.29 is 9.59 Å². The number of carbonyl (C=O) groups excluding carboxylic acids is 2. The SMILES string of the molecule is CCC(C)NC(=O)c1cccc(NC(=O)Cc2ccc(Cl)cc2)c1. The number of carbonyl (C=O) groups is 2. The molecule has 1 atom stereocenters. The quantitative estimate of drug-likeness (QED) is 0.830. The standard InChI is InChI=1S/C19H21ClN2O2/c1-3-13(2)21-19(24)15-5-4-6-17(12-15)22-18(23)11-14-7-9-16(20)10-8-14/h4-10,12-13H,3,11H2,1-2H3,(H,21,24)(H,22,23). The fraction of sp³-hybridized carbons (Fsp3) is 0.263. The molecule has 0 radical (unpaired) electrons. The van der Waals surface area contributed by atoms with Crippen LogP contribution in [0.15, 0.2) is 48.5 Å². The average Bonchev–Trinajstić information content (AvgIpc) is 2.57. The maximum absolute atomic E-state index is 12.1. The topological polar surface area (TPSA) is 58.2 Å². The van der Waals surface area contributed by atoms with E-state index in [0.717, 1.165) is 12.0 Å². The number of amides is 2. The number of anilines is 1. The van der Waals surface area contributed by atoms with E-state index in [1.54, 1.807) is 36.4 Å². The second-order valence-electron chi connectivity index (χ2n) is 5.71. The molecule has 0 saturated heterocycles. The van der Waals surface area contributed by atoms with E-state index >= 15 is 0 Å². The summed E-state index contributed by atoms with van der Waals surface area (Å²) in [5.41, 5.74) is 2.01. The van der Waals surface area contributed by atoms with E-state index < -0.39 is 0 Å². The highest BCUT2D eigenvalue weighted by Gasteiger charge is 2.10. The van der Waals surface area contributed by atoms with E-state index in [1.807, 2.05) is 26.0 Å². The molecule has 0 bridgehead atoms. The highest BCUT2D eigenvalue weighted by molar-refractivity contribution is 6.30. The largest absolute Gasteiger partial charge is 0.350 e. The Balaban J connectivity index is 1.99. The first-order valence-electron chi connectivity index (χ1n) is 7.93. The Morgan fingerprint density at radius 2 is 1.83 bits per heavy atom. The summed E-state index contributed by atoms with van der Waals surface area (Å²) in [6.45, 7) is 3.97. The molecule has 0 aliphatic carbocycles. The minimum absolute atomic E-state index is 0.112. The molecule has 1 unspecified atom stereocenters. The summed E-state index contributed by atoms with van der Waals surface area (Å²) in [5.74, 6) is -0.282. The van der Waals surface area contributed by atoms with Crippen LogP contribution in [0.3, 0.4) is 0 Å². The Hall–Kier alpha value is -2.33. The van der Waals surface area contributed by atoms with Gasteiger partial charge in [0.1, 0.15) is 0 Å². The van der Waals surface area contributed by atoms with Gasteiger partial charge in [-0.1, -0.05) is 36.7 Å². The molecule has 24 heavy (non-hydrogen) atoms. The first-order valence-corrected chi connectivity index (χ1v) is 8.31. The van der Waals surface area contributed by atoms with Crippen molar-refractivity contribution in [2.24, 2.45) is 0 Å². The van der Waals surface area contributed by atoms with Crippen molar-refractivity contribution in [3.63, 3.8) is 0 Å². The molecule has 0 heterocycles. The summed E-state index contributed by atoms with van der Waals surface area (Å²) in [6, 6.07) is 14.2. The molecular formula is C19H21ClN2O2. The zero-order valence-electron chi connectivity index (χ0n) is 13.8.